The molecule has 0 radical (unpaired) electrons. The number of likely N-dealkylation sites (N-methyl/N-ethyl adjacent to an activating group) is 1. The summed E-state index contributed by atoms with van der Waals surface area (Å²) in [5.41, 5.74) is 5.04. The number of imide groups is 1. The zero-order valence-corrected chi connectivity index (χ0v) is 16.7. The molecule has 148 valence electrons. The standard InChI is InChI=1S/C25H21N3O2/c1-27-18(16-28-24(29)19-11-5-6-12-20(19)25(28)30)15-26-23(17-9-3-2-4-10-17)21-13-7-8-14-22(21)27/h2-14,18H,15-16H2,1H3. The molecular weight excluding hydrogens is 374 g/mol. The molecule has 30 heavy (non-hydrogen) atoms. The summed E-state index contributed by atoms with van der Waals surface area (Å²) < 4.78 is 0. The fourth-order valence-corrected chi connectivity index (χ4v) is 4.22. The van der Waals surface area contributed by atoms with Gasteiger partial charge in [-0.2, -0.15) is 0 Å². The lowest BCUT2D eigenvalue weighted by Gasteiger charge is -2.31. The summed E-state index contributed by atoms with van der Waals surface area (Å²) in [5.74, 6) is -0.456. The summed E-state index contributed by atoms with van der Waals surface area (Å²) in [5, 5.41) is 0. The van der Waals surface area contributed by atoms with E-state index in [9.17, 15) is 9.59 Å². The maximum Gasteiger partial charge on any atom is 0.261 e. The Hall–Kier alpha value is -3.73. The van der Waals surface area contributed by atoms with E-state index in [1.54, 1.807) is 24.3 Å². The Morgan fingerprint density at radius 3 is 2.03 bits per heavy atom. The van der Waals surface area contributed by atoms with Crippen molar-refractivity contribution in [2.75, 3.05) is 25.0 Å². The molecule has 0 saturated heterocycles. The number of hydrogen-bond donors (Lipinski definition) is 0. The maximum atomic E-state index is 12.9. The van der Waals surface area contributed by atoms with Crippen LogP contribution < -0.4 is 4.90 Å². The Labute approximate surface area is 175 Å². The molecule has 0 N–H and O–H groups in total. The largest absolute Gasteiger partial charge is 0.367 e. The highest BCUT2D eigenvalue weighted by molar-refractivity contribution is 6.21. The monoisotopic (exact) mass is 395 g/mol. The second-order valence-corrected chi connectivity index (χ2v) is 7.60. The minimum absolute atomic E-state index is 0.116. The molecule has 1 atom stereocenters. The van der Waals surface area contributed by atoms with Gasteiger partial charge in [0, 0.05) is 23.9 Å². The van der Waals surface area contributed by atoms with E-state index >= 15 is 0 Å². The summed E-state index contributed by atoms with van der Waals surface area (Å²) in [6.45, 7) is 0.783. The Bertz CT molecular complexity index is 1130. The van der Waals surface area contributed by atoms with Gasteiger partial charge in [-0.1, -0.05) is 60.7 Å². The van der Waals surface area contributed by atoms with Gasteiger partial charge < -0.3 is 4.90 Å². The third-order valence-electron chi connectivity index (χ3n) is 5.87. The van der Waals surface area contributed by atoms with Crippen LogP contribution >= 0.6 is 0 Å². The highest BCUT2D eigenvalue weighted by atomic mass is 16.2. The topological polar surface area (TPSA) is 53.0 Å². The van der Waals surface area contributed by atoms with Gasteiger partial charge >= 0.3 is 0 Å². The highest BCUT2D eigenvalue weighted by Crippen LogP contribution is 2.29. The third kappa shape index (κ3) is 2.90. The van der Waals surface area contributed by atoms with E-state index < -0.39 is 0 Å². The van der Waals surface area contributed by atoms with Gasteiger partial charge in [0.05, 0.1) is 36.0 Å². The summed E-state index contributed by atoms with van der Waals surface area (Å²) >= 11 is 0. The van der Waals surface area contributed by atoms with Crippen LogP contribution in [0.15, 0.2) is 83.9 Å². The SMILES string of the molecule is CN1c2ccccc2C(c2ccccc2)=NCC1CN1C(=O)c2ccccc2C1=O. The lowest BCUT2D eigenvalue weighted by molar-refractivity contribution is 0.0645. The summed E-state index contributed by atoms with van der Waals surface area (Å²) in [4.78, 5) is 34.1. The number of amides is 2. The van der Waals surface area contributed by atoms with E-state index in [0.29, 0.717) is 24.2 Å². The molecule has 2 heterocycles. The number of aliphatic imine (C=N–C) groups is 1. The molecule has 0 bridgehead atoms. The first-order chi connectivity index (χ1) is 14.6. The normalized spacial score (nSPS) is 18.0. The molecule has 0 aromatic heterocycles. The lowest BCUT2D eigenvalue weighted by atomic mass is 10.0. The second-order valence-electron chi connectivity index (χ2n) is 7.60. The van der Waals surface area contributed by atoms with E-state index in [2.05, 4.69) is 29.2 Å². The van der Waals surface area contributed by atoms with E-state index in [1.807, 2.05) is 37.4 Å². The number of rotatable bonds is 3. The molecule has 1 unspecified atom stereocenters. The molecule has 3 aromatic rings. The van der Waals surface area contributed by atoms with Crippen LogP contribution in [0.4, 0.5) is 5.69 Å². The number of fused-ring (bicyclic) bond motifs is 2. The summed E-state index contributed by atoms with van der Waals surface area (Å²) in [6.07, 6.45) is 0. The van der Waals surface area contributed by atoms with Crippen LogP contribution in [0, 0.1) is 0 Å². The van der Waals surface area contributed by atoms with Crippen LogP contribution in [-0.2, 0) is 0 Å². The van der Waals surface area contributed by atoms with E-state index in [0.717, 1.165) is 22.5 Å². The Kier molecular flexibility index (Phi) is 4.43. The zero-order chi connectivity index (χ0) is 20.7. The molecule has 2 amide bonds. The van der Waals surface area contributed by atoms with Crippen LogP contribution in [-0.4, -0.2) is 48.6 Å². The van der Waals surface area contributed by atoms with Gasteiger partial charge in [0.2, 0.25) is 0 Å². The van der Waals surface area contributed by atoms with Crippen molar-refractivity contribution < 1.29 is 9.59 Å². The van der Waals surface area contributed by atoms with Gasteiger partial charge in [-0.15, -0.1) is 0 Å². The number of hydrogen-bond acceptors (Lipinski definition) is 4. The van der Waals surface area contributed by atoms with Crippen molar-refractivity contribution in [2.24, 2.45) is 4.99 Å². The fraction of sp³-hybridized carbons (Fsp3) is 0.160. The highest BCUT2D eigenvalue weighted by Gasteiger charge is 2.37. The summed E-state index contributed by atoms with van der Waals surface area (Å²) in [7, 11) is 2.01. The number of nitrogens with zero attached hydrogens (tertiary/aromatic N) is 3. The average molecular weight is 395 g/mol. The maximum absolute atomic E-state index is 12.9. The third-order valence-corrected chi connectivity index (χ3v) is 5.87. The van der Waals surface area contributed by atoms with Crippen molar-refractivity contribution in [1.29, 1.82) is 0 Å². The van der Waals surface area contributed by atoms with E-state index in [-0.39, 0.29) is 17.9 Å². The fourth-order valence-electron chi connectivity index (χ4n) is 4.22. The van der Waals surface area contributed by atoms with Crippen LogP contribution in [0.25, 0.3) is 0 Å². The van der Waals surface area contributed by atoms with Gasteiger partial charge in [0.25, 0.3) is 11.8 Å². The van der Waals surface area contributed by atoms with E-state index in [4.69, 9.17) is 4.99 Å². The van der Waals surface area contributed by atoms with Crippen molar-refractivity contribution in [2.45, 2.75) is 6.04 Å². The Morgan fingerprint density at radius 2 is 1.37 bits per heavy atom. The van der Waals surface area contributed by atoms with Gasteiger partial charge in [-0.3, -0.25) is 19.5 Å². The molecule has 5 heteroatoms. The van der Waals surface area contributed by atoms with Crippen molar-refractivity contribution in [3.8, 4) is 0 Å². The van der Waals surface area contributed by atoms with Crippen molar-refractivity contribution in [1.82, 2.24) is 4.90 Å². The number of benzodiazepines with no additional fused rings is 1. The van der Waals surface area contributed by atoms with Crippen LogP contribution in [0.3, 0.4) is 0 Å². The molecule has 0 aliphatic carbocycles. The Balaban J connectivity index is 1.50. The summed E-state index contributed by atoms with van der Waals surface area (Å²) in [6, 6.07) is 25.2. The van der Waals surface area contributed by atoms with Gasteiger partial charge in [-0.05, 0) is 18.2 Å². The first kappa shape index (κ1) is 18.3. The van der Waals surface area contributed by atoms with Crippen LogP contribution in [0.1, 0.15) is 31.8 Å². The number of benzene rings is 3. The molecule has 2 aliphatic rings. The number of para-hydroxylation sites is 1. The Morgan fingerprint density at radius 1 is 0.800 bits per heavy atom. The van der Waals surface area contributed by atoms with Crippen LogP contribution in [0.5, 0.6) is 0 Å². The molecule has 2 aliphatic heterocycles. The predicted octanol–water partition coefficient (Wildman–Crippen LogP) is 3.64. The first-order valence-corrected chi connectivity index (χ1v) is 10.0. The number of carbonyl (C=O) groups is 2. The van der Waals surface area contributed by atoms with Gasteiger partial charge in [-0.25, -0.2) is 0 Å². The molecule has 3 aromatic carbocycles. The second kappa shape index (κ2) is 7.26. The van der Waals surface area contributed by atoms with Crippen molar-refractivity contribution >= 4 is 23.2 Å². The first-order valence-electron chi connectivity index (χ1n) is 10.0. The number of carbonyl (C=O) groups excluding carboxylic acids is 2. The smallest absolute Gasteiger partial charge is 0.261 e. The lowest BCUT2D eigenvalue weighted by Crippen LogP contribution is -2.46. The minimum Gasteiger partial charge on any atom is -0.367 e. The van der Waals surface area contributed by atoms with E-state index in [1.165, 1.54) is 4.90 Å². The zero-order valence-electron chi connectivity index (χ0n) is 16.7. The molecule has 0 fully saturated rings. The molecule has 0 spiro atoms. The van der Waals surface area contributed by atoms with Gasteiger partial charge in [0.1, 0.15) is 0 Å². The van der Waals surface area contributed by atoms with Crippen molar-refractivity contribution in [3.63, 3.8) is 0 Å². The number of anilines is 1. The quantitative estimate of drug-likeness (QED) is 0.637. The van der Waals surface area contributed by atoms with Gasteiger partial charge in [0.15, 0.2) is 0 Å². The molecule has 5 nitrogen and oxygen atoms in total. The molecular formula is C25H21N3O2. The minimum atomic E-state index is -0.228. The molecule has 0 saturated carbocycles. The van der Waals surface area contributed by atoms with Crippen LogP contribution in [0.2, 0.25) is 0 Å². The average Bonchev–Trinajstić information content (AvgIpc) is 2.94. The van der Waals surface area contributed by atoms with Crippen molar-refractivity contribution in [3.05, 3.63) is 101 Å². The molecule has 5 rings (SSSR count). The predicted molar refractivity (Wildman–Crippen MR) is 117 cm³/mol.